The van der Waals surface area contributed by atoms with Crippen molar-refractivity contribution in [2.75, 3.05) is 12.3 Å². The van der Waals surface area contributed by atoms with Gasteiger partial charge in [0.05, 0.1) is 11.8 Å². The topological polar surface area (TPSA) is 74.8 Å². The van der Waals surface area contributed by atoms with Gasteiger partial charge in [0.2, 0.25) is 11.1 Å². The molecule has 1 aliphatic rings. The van der Waals surface area contributed by atoms with Gasteiger partial charge in [-0.1, -0.05) is 18.7 Å². The van der Waals surface area contributed by atoms with Gasteiger partial charge in [-0.3, -0.25) is 9.89 Å². The highest BCUT2D eigenvalue weighted by Gasteiger charge is 2.29. The van der Waals surface area contributed by atoms with E-state index < -0.39 is 0 Å². The Kier molecular flexibility index (Phi) is 5.09. The van der Waals surface area contributed by atoms with Gasteiger partial charge < -0.3 is 4.90 Å². The van der Waals surface area contributed by atoms with E-state index in [0.717, 1.165) is 43.1 Å². The third kappa shape index (κ3) is 3.49. The molecule has 0 spiro atoms. The summed E-state index contributed by atoms with van der Waals surface area (Å²) >= 11 is 3.03. The smallest absolute Gasteiger partial charge is 0.233 e. The zero-order valence-corrected chi connectivity index (χ0v) is 14.1. The van der Waals surface area contributed by atoms with Crippen molar-refractivity contribution in [1.82, 2.24) is 25.1 Å². The van der Waals surface area contributed by atoms with Crippen molar-refractivity contribution >= 4 is 29.0 Å². The SMILES string of the molecule is CCc1nc(SCC(=O)N2CCCC[C@H]2c2nccs2)n[nH]1. The number of carbonyl (C=O) groups excluding carboxylic acids is 1. The lowest BCUT2D eigenvalue weighted by Crippen LogP contribution is -2.39. The fourth-order valence-electron chi connectivity index (χ4n) is 2.60. The van der Waals surface area contributed by atoms with Crippen LogP contribution in [0.15, 0.2) is 16.7 Å². The molecule has 3 rings (SSSR count). The van der Waals surface area contributed by atoms with E-state index in [2.05, 4.69) is 20.2 Å². The number of amides is 1. The highest BCUT2D eigenvalue weighted by Crippen LogP contribution is 2.32. The van der Waals surface area contributed by atoms with Crippen LogP contribution in [0.4, 0.5) is 0 Å². The van der Waals surface area contributed by atoms with Crippen LogP contribution in [-0.4, -0.2) is 43.3 Å². The molecule has 118 valence electrons. The minimum Gasteiger partial charge on any atom is -0.332 e. The second kappa shape index (κ2) is 7.23. The van der Waals surface area contributed by atoms with Crippen molar-refractivity contribution in [3.8, 4) is 0 Å². The number of aryl methyl sites for hydroxylation is 1. The van der Waals surface area contributed by atoms with Crippen molar-refractivity contribution in [3.63, 3.8) is 0 Å². The van der Waals surface area contributed by atoms with Crippen molar-refractivity contribution in [2.24, 2.45) is 0 Å². The van der Waals surface area contributed by atoms with Crippen LogP contribution in [0.25, 0.3) is 0 Å². The van der Waals surface area contributed by atoms with Crippen LogP contribution in [0.1, 0.15) is 43.1 Å². The van der Waals surface area contributed by atoms with Gasteiger partial charge in [0, 0.05) is 24.5 Å². The summed E-state index contributed by atoms with van der Waals surface area (Å²) < 4.78 is 0. The second-order valence-electron chi connectivity index (χ2n) is 5.18. The van der Waals surface area contributed by atoms with Gasteiger partial charge >= 0.3 is 0 Å². The molecule has 0 aromatic carbocycles. The number of nitrogens with zero attached hydrogens (tertiary/aromatic N) is 4. The monoisotopic (exact) mass is 337 g/mol. The number of aromatic nitrogens is 4. The first kappa shape index (κ1) is 15.5. The van der Waals surface area contributed by atoms with Crippen LogP contribution in [0.2, 0.25) is 0 Å². The molecule has 1 aliphatic heterocycles. The Morgan fingerprint density at radius 1 is 1.55 bits per heavy atom. The van der Waals surface area contributed by atoms with Crippen LogP contribution in [0.5, 0.6) is 0 Å². The Hall–Kier alpha value is -1.41. The lowest BCUT2D eigenvalue weighted by Gasteiger charge is -2.34. The molecule has 1 saturated heterocycles. The Morgan fingerprint density at radius 2 is 2.45 bits per heavy atom. The number of likely N-dealkylation sites (tertiary alicyclic amines) is 1. The van der Waals surface area contributed by atoms with Gasteiger partial charge in [-0.15, -0.1) is 16.4 Å². The Bertz CT molecular complexity index is 613. The van der Waals surface area contributed by atoms with Crippen molar-refractivity contribution < 1.29 is 4.79 Å². The van der Waals surface area contributed by atoms with E-state index in [1.807, 2.05) is 23.4 Å². The van der Waals surface area contributed by atoms with Gasteiger partial charge in [-0.25, -0.2) is 9.97 Å². The quantitative estimate of drug-likeness (QED) is 0.849. The third-order valence-electron chi connectivity index (χ3n) is 3.73. The number of H-pyrrole nitrogens is 1. The highest BCUT2D eigenvalue weighted by molar-refractivity contribution is 7.99. The van der Waals surface area contributed by atoms with Gasteiger partial charge in [-0.05, 0) is 19.3 Å². The molecule has 2 aromatic rings. The summed E-state index contributed by atoms with van der Waals surface area (Å²) in [7, 11) is 0. The van der Waals surface area contributed by atoms with Gasteiger partial charge in [-0.2, -0.15) is 0 Å². The number of nitrogens with one attached hydrogen (secondary N) is 1. The normalized spacial score (nSPS) is 18.6. The lowest BCUT2D eigenvalue weighted by molar-refractivity contribution is -0.132. The first-order chi connectivity index (χ1) is 10.8. The summed E-state index contributed by atoms with van der Waals surface area (Å²) in [4.78, 5) is 23.3. The lowest BCUT2D eigenvalue weighted by atomic mass is 10.0. The minimum absolute atomic E-state index is 0.139. The zero-order valence-electron chi connectivity index (χ0n) is 12.5. The van der Waals surface area contributed by atoms with Gasteiger partial charge in [0.1, 0.15) is 10.8 Å². The molecule has 0 bridgehead atoms. The van der Waals surface area contributed by atoms with Crippen LogP contribution >= 0.6 is 23.1 Å². The van der Waals surface area contributed by atoms with E-state index in [1.54, 1.807) is 11.3 Å². The van der Waals surface area contributed by atoms with Crippen molar-refractivity contribution in [3.05, 3.63) is 22.4 Å². The number of thioether (sulfide) groups is 1. The molecule has 0 aliphatic carbocycles. The molecule has 2 aromatic heterocycles. The molecule has 0 radical (unpaired) electrons. The fraction of sp³-hybridized carbons (Fsp3) is 0.571. The van der Waals surface area contributed by atoms with Gasteiger partial charge in [0.15, 0.2) is 0 Å². The third-order valence-corrected chi connectivity index (χ3v) is 5.44. The molecule has 1 N–H and O–H groups in total. The standard InChI is InChI=1S/C14H19N5OS2/c1-2-11-16-14(18-17-11)22-9-12(20)19-7-4-3-5-10(19)13-15-6-8-21-13/h6,8,10H,2-5,7,9H2,1H3,(H,16,17,18)/t10-/m0/s1. The number of thiazole rings is 1. The molecule has 8 heteroatoms. The number of hydrogen-bond donors (Lipinski definition) is 1. The molecule has 6 nitrogen and oxygen atoms in total. The Morgan fingerprint density at radius 3 is 3.18 bits per heavy atom. The molecule has 0 unspecified atom stereocenters. The van der Waals surface area contributed by atoms with E-state index in [-0.39, 0.29) is 11.9 Å². The molecule has 0 saturated carbocycles. The van der Waals surface area contributed by atoms with Crippen LogP contribution < -0.4 is 0 Å². The number of piperidine rings is 1. The first-order valence-electron chi connectivity index (χ1n) is 7.51. The van der Waals surface area contributed by atoms with E-state index in [0.29, 0.717) is 10.9 Å². The first-order valence-corrected chi connectivity index (χ1v) is 9.37. The number of rotatable bonds is 5. The van der Waals surface area contributed by atoms with E-state index in [9.17, 15) is 4.79 Å². The van der Waals surface area contributed by atoms with Crippen molar-refractivity contribution in [2.45, 2.75) is 43.8 Å². The Balaban J connectivity index is 1.62. The van der Waals surface area contributed by atoms with E-state index >= 15 is 0 Å². The summed E-state index contributed by atoms with van der Waals surface area (Å²) in [5.41, 5.74) is 0. The minimum atomic E-state index is 0.139. The molecule has 3 heterocycles. The number of aromatic amines is 1. The second-order valence-corrected chi connectivity index (χ2v) is 7.04. The van der Waals surface area contributed by atoms with Crippen LogP contribution in [0.3, 0.4) is 0 Å². The summed E-state index contributed by atoms with van der Waals surface area (Å²) in [6, 6.07) is 0.139. The Labute approximate surface area is 137 Å². The van der Waals surface area contributed by atoms with E-state index in [1.165, 1.54) is 11.8 Å². The maximum atomic E-state index is 12.6. The van der Waals surface area contributed by atoms with Crippen LogP contribution in [-0.2, 0) is 11.2 Å². The average Bonchev–Trinajstić information content (AvgIpc) is 3.24. The highest BCUT2D eigenvalue weighted by atomic mass is 32.2. The van der Waals surface area contributed by atoms with Gasteiger partial charge in [0.25, 0.3) is 0 Å². The predicted octanol–water partition coefficient (Wildman–Crippen LogP) is 2.67. The predicted molar refractivity (Wildman–Crippen MR) is 86.9 cm³/mol. The van der Waals surface area contributed by atoms with E-state index in [4.69, 9.17) is 0 Å². The molecule has 22 heavy (non-hydrogen) atoms. The summed E-state index contributed by atoms with van der Waals surface area (Å²) in [5, 5.41) is 10.7. The molecule has 1 atom stereocenters. The number of carbonyl (C=O) groups is 1. The summed E-state index contributed by atoms with van der Waals surface area (Å²) in [6.45, 7) is 2.84. The molecule has 1 amide bonds. The van der Waals surface area contributed by atoms with Crippen molar-refractivity contribution in [1.29, 1.82) is 0 Å². The average molecular weight is 337 g/mol. The molecular formula is C14H19N5OS2. The zero-order chi connectivity index (χ0) is 15.4. The maximum absolute atomic E-state index is 12.6. The molecule has 1 fully saturated rings. The molecular weight excluding hydrogens is 318 g/mol. The van der Waals surface area contributed by atoms with Crippen LogP contribution in [0, 0.1) is 0 Å². The summed E-state index contributed by atoms with van der Waals surface area (Å²) in [6.07, 6.45) is 5.86. The maximum Gasteiger partial charge on any atom is 0.233 e. The summed E-state index contributed by atoms with van der Waals surface area (Å²) in [5.74, 6) is 1.38. The number of hydrogen-bond acceptors (Lipinski definition) is 6. The largest absolute Gasteiger partial charge is 0.332 e. The fourth-order valence-corrected chi connectivity index (χ4v) is 4.08.